The molecule has 1 fully saturated rings. The minimum Gasteiger partial charge on any atom is -0.388 e. The highest BCUT2D eigenvalue weighted by atomic mass is 35.5. The average Bonchev–Trinajstić information content (AvgIpc) is 2.95. The van der Waals surface area contributed by atoms with Crippen LogP contribution in [0.15, 0.2) is 48.5 Å². The Balaban J connectivity index is 1.51. The maximum Gasteiger partial charge on any atom is 0.227 e. The Kier molecular flexibility index (Phi) is 5.58. The molecule has 3 N–H and O–H groups in total. The fourth-order valence-corrected chi connectivity index (χ4v) is 2.93. The van der Waals surface area contributed by atoms with Crippen molar-refractivity contribution in [1.29, 1.82) is 0 Å². The number of anilines is 1. The van der Waals surface area contributed by atoms with Gasteiger partial charge in [-0.3, -0.25) is 4.79 Å². The first kappa shape index (κ1) is 17.7. The zero-order chi connectivity index (χ0) is 17.8. The van der Waals surface area contributed by atoms with Gasteiger partial charge >= 0.3 is 0 Å². The number of nitrogens with zero attached hydrogens (tertiary/aromatic N) is 1. The molecule has 0 radical (unpaired) electrons. The molecule has 5 nitrogen and oxygen atoms in total. The van der Waals surface area contributed by atoms with Crippen molar-refractivity contribution in [3.63, 3.8) is 0 Å². The Labute approximate surface area is 151 Å². The Morgan fingerprint density at radius 1 is 1.00 bits per heavy atom. The number of aliphatic hydroxyl groups excluding tert-OH is 2. The van der Waals surface area contributed by atoms with Gasteiger partial charge in [0.25, 0.3) is 0 Å². The second kappa shape index (κ2) is 7.87. The summed E-state index contributed by atoms with van der Waals surface area (Å²) < 4.78 is 0. The van der Waals surface area contributed by atoms with E-state index >= 15 is 0 Å². The summed E-state index contributed by atoms with van der Waals surface area (Å²) >= 11 is 5.87. The first-order valence-corrected chi connectivity index (χ1v) is 8.60. The lowest BCUT2D eigenvalue weighted by Gasteiger charge is -2.15. The first-order chi connectivity index (χ1) is 12.0. The van der Waals surface area contributed by atoms with E-state index in [1.807, 2.05) is 48.5 Å². The van der Waals surface area contributed by atoms with Gasteiger partial charge in [-0.2, -0.15) is 0 Å². The minimum absolute atomic E-state index is 0.0857. The third-order valence-electron chi connectivity index (χ3n) is 4.33. The summed E-state index contributed by atoms with van der Waals surface area (Å²) in [6.45, 7) is 1.08. The van der Waals surface area contributed by atoms with Crippen LogP contribution in [0.1, 0.15) is 11.1 Å². The number of rotatable bonds is 5. The van der Waals surface area contributed by atoms with E-state index in [2.05, 4.69) is 5.32 Å². The number of hydrogen-bond acceptors (Lipinski definition) is 4. The Bertz CT molecular complexity index is 708. The second-order valence-corrected chi connectivity index (χ2v) is 6.72. The molecule has 0 saturated carbocycles. The number of nitrogens with one attached hydrogen (secondary N) is 1. The Hall–Kier alpha value is -2.08. The number of aliphatic hydroxyl groups is 2. The zero-order valence-corrected chi connectivity index (χ0v) is 14.5. The molecule has 1 aliphatic rings. The van der Waals surface area contributed by atoms with Gasteiger partial charge in [0.2, 0.25) is 5.91 Å². The summed E-state index contributed by atoms with van der Waals surface area (Å²) in [6, 6.07) is 15.4. The number of halogens is 1. The minimum atomic E-state index is -0.844. The lowest BCUT2D eigenvalue weighted by molar-refractivity contribution is -0.129. The van der Waals surface area contributed by atoms with E-state index in [1.54, 1.807) is 0 Å². The van der Waals surface area contributed by atoms with Crippen molar-refractivity contribution < 1.29 is 15.0 Å². The van der Waals surface area contributed by atoms with Gasteiger partial charge in [-0.15, -0.1) is 0 Å². The summed E-state index contributed by atoms with van der Waals surface area (Å²) in [6.07, 6.45) is -1.43. The van der Waals surface area contributed by atoms with Crippen LogP contribution in [-0.4, -0.2) is 46.3 Å². The van der Waals surface area contributed by atoms with Crippen LogP contribution in [0.5, 0.6) is 0 Å². The summed E-state index contributed by atoms with van der Waals surface area (Å²) in [5, 5.41) is 23.1. The molecule has 132 valence electrons. The summed E-state index contributed by atoms with van der Waals surface area (Å²) in [5.74, 6) is -0.0857. The predicted octanol–water partition coefficient (Wildman–Crippen LogP) is 2.06. The van der Waals surface area contributed by atoms with Gasteiger partial charge in [-0.1, -0.05) is 35.9 Å². The number of amides is 1. The molecular formula is C19H21ClN2O3. The lowest BCUT2D eigenvalue weighted by atomic mass is 10.1. The molecule has 3 rings (SSSR count). The van der Waals surface area contributed by atoms with Gasteiger partial charge in [-0.25, -0.2) is 0 Å². The van der Waals surface area contributed by atoms with E-state index in [1.165, 1.54) is 4.90 Å². The molecule has 2 aromatic rings. The standard InChI is InChI=1S/C19H21ClN2O3/c20-15-5-1-14(2-6-15)10-21-16-7-3-13(4-8-16)9-19(25)22-11-17(23)18(24)12-22/h1-8,17-18,21,23-24H,9-12H2/t17-,18-/m1/s1. The van der Waals surface area contributed by atoms with Crippen LogP contribution >= 0.6 is 11.6 Å². The molecule has 25 heavy (non-hydrogen) atoms. The van der Waals surface area contributed by atoms with Crippen molar-refractivity contribution in [2.75, 3.05) is 18.4 Å². The SMILES string of the molecule is O=C(Cc1ccc(NCc2ccc(Cl)cc2)cc1)N1C[C@@H](O)[C@H](O)C1. The molecule has 1 saturated heterocycles. The number of β-amino-alcohol motifs (C(OH)–C–C–N with tert-alkyl or cyclic N) is 2. The molecule has 0 aliphatic carbocycles. The molecule has 2 aromatic carbocycles. The van der Waals surface area contributed by atoms with E-state index < -0.39 is 12.2 Å². The van der Waals surface area contributed by atoms with Crippen molar-refractivity contribution in [2.45, 2.75) is 25.2 Å². The largest absolute Gasteiger partial charge is 0.388 e. The van der Waals surface area contributed by atoms with Crippen molar-refractivity contribution in [3.05, 3.63) is 64.7 Å². The van der Waals surface area contributed by atoms with Crippen molar-refractivity contribution in [2.24, 2.45) is 0 Å². The zero-order valence-electron chi connectivity index (χ0n) is 13.7. The van der Waals surface area contributed by atoms with Crippen LogP contribution in [0, 0.1) is 0 Å². The molecule has 0 unspecified atom stereocenters. The van der Waals surface area contributed by atoms with E-state index in [0.717, 1.165) is 21.8 Å². The molecule has 1 aliphatic heterocycles. The molecule has 6 heteroatoms. The van der Waals surface area contributed by atoms with Crippen LogP contribution in [0.2, 0.25) is 5.02 Å². The van der Waals surface area contributed by atoms with Crippen molar-refractivity contribution >= 4 is 23.2 Å². The highest BCUT2D eigenvalue weighted by Crippen LogP contribution is 2.16. The topological polar surface area (TPSA) is 72.8 Å². The van der Waals surface area contributed by atoms with E-state index in [0.29, 0.717) is 6.54 Å². The van der Waals surface area contributed by atoms with Crippen molar-refractivity contribution in [1.82, 2.24) is 4.90 Å². The number of benzene rings is 2. The smallest absolute Gasteiger partial charge is 0.227 e. The van der Waals surface area contributed by atoms with Gasteiger partial charge in [0.15, 0.2) is 0 Å². The predicted molar refractivity (Wildman–Crippen MR) is 97.5 cm³/mol. The second-order valence-electron chi connectivity index (χ2n) is 6.29. The van der Waals surface area contributed by atoms with E-state index in [-0.39, 0.29) is 25.4 Å². The van der Waals surface area contributed by atoms with Crippen LogP contribution in [-0.2, 0) is 17.8 Å². The van der Waals surface area contributed by atoms with Crippen molar-refractivity contribution in [3.8, 4) is 0 Å². The highest BCUT2D eigenvalue weighted by Gasteiger charge is 2.32. The molecule has 2 atom stereocenters. The van der Waals surface area contributed by atoms with Gasteiger partial charge in [0, 0.05) is 30.3 Å². The quantitative estimate of drug-likeness (QED) is 0.763. The molecule has 0 aromatic heterocycles. The summed E-state index contributed by atoms with van der Waals surface area (Å²) in [7, 11) is 0. The lowest BCUT2D eigenvalue weighted by Crippen LogP contribution is -2.31. The monoisotopic (exact) mass is 360 g/mol. The van der Waals surface area contributed by atoms with Gasteiger partial charge < -0.3 is 20.4 Å². The van der Waals surface area contributed by atoms with Crippen LogP contribution in [0.4, 0.5) is 5.69 Å². The molecule has 1 amide bonds. The number of carbonyl (C=O) groups is 1. The average molecular weight is 361 g/mol. The molecule has 0 spiro atoms. The van der Waals surface area contributed by atoms with E-state index in [9.17, 15) is 15.0 Å². The fourth-order valence-electron chi connectivity index (χ4n) is 2.81. The van der Waals surface area contributed by atoms with Gasteiger partial charge in [0.1, 0.15) is 0 Å². The normalized spacial score (nSPS) is 19.9. The highest BCUT2D eigenvalue weighted by molar-refractivity contribution is 6.30. The third kappa shape index (κ3) is 4.72. The Morgan fingerprint density at radius 3 is 2.16 bits per heavy atom. The maximum atomic E-state index is 12.2. The molecular weight excluding hydrogens is 340 g/mol. The van der Waals surface area contributed by atoms with Crippen LogP contribution in [0.3, 0.4) is 0 Å². The fraction of sp³-hybridized carbons (Fsp3) is 0.316. The maximum absolute atomic E-state index is 12.2. The third-order valence-corrected chi connectivity index (χ3v) is 4.58. The number of likely N-dealkylation sites (tertiary alicyclic amines) is 1. The van der Waals surface area contributed by atoms with Gasteiger partial charge in [0.05, 0.1) is 18.6 Å². The van der Waals surface area contributed by atoms with E-state index in [4.69, 9.17) is 11.6 Å². The Morgan fingerprint density at radius 2 is 1.56 bits per heavy atom. The number of hydrogen-bond donors (Lipinski definition) is 3. The molecule has 1 heterocycles. The number of carbonyl (C=O) groups excluding carboxylic acids is 1. The summed E-state index contributed by atoms with van der Waals surface area (Å²) in [4.78, 5) is 13.7. The molecule has 0 bridgehead atoms. The summed E-state index contributed by atoms with van der Waals surface area (Å²) in [5.41, 5.74) is 3.01. The van der Waals surface area contributed by atoms with Crippen LogP contribution < -0.4 is 5.32 Å². The van der Waals surface area contributed by atoms with Crippen LogP contribution in [0.25, 0.3) is 0 Å². The first-order valence-electron chi connectivity index (χ1n) is 8.22. The van der Waals surface area contributed by atoms with Gasteiger partial charge in [-0.05, 0) is 35.4 Å².